The molecule has 1 atom stereocenters. The first-order chi connectivity index (χ1) is 15.8. The number of nitrogens with zero attached hydrogens (tertiary/aromatic N) is 5. The Bertz CT molecular complexity index is 1410. The lowest BCUT2D eigenvalue weighted by Crippen LogP contribution is -2.28. The fraction of sp³-hybridized carbons (Fsp3) is 0.227. The third-order valence-corrected chi connectivity index (χ3v) is 4.91. The highest BCUT2D eigenvalue weighted by Crippen LogP contribution is 2.25. The van der Waals surface area contributed by atoms with Gasteiger partial charge in [-0.05, 0) is 39.0 Å². The summed E-state index contributed by atoms with van der Waals surface area (Å²) in [6.45, 7) is 5.14. The second kappa shape index (κ2) is 8.61. The molecule has 0 fully saturated rings. The molecule has 0 bridgehead atoms. The summed E-state index contributed by atoms with van der Waals surface area (Å²) in [7, 11) is 0. The summed E-state index contributed by atoms with van der Waals surface area (Å²) in [5, 5.41) is 23.6. The molecule has 2 heterocycles. The average molecular weight is 449 g/mol. The van der Waals surface area contributed by atoms with E-state index in [-0.39, 0.29) is 34.8 Å². The van der Waals surface area contributed by atoms with Crippen LogP contribution in [0.25, 0.3) is 22.2 Å². The van der Waals surface area contributed by atoms with E-state index in [1.165, 1.54) is 28.9 Å². The first kappa shape index (κ1) is 21.8. The van der Waals surface area contributed by atoms with Crippen LogP contribution in [-0.4, -0.2) is 30.9 Å². The van der Waals surface area contributed by atoms with Crippen molar-refractivity contribution in [2.24, 2.45) is 0 Å². The van der Waals surface area contributed by atoms with Crippen molar-refractivity contribution in [1.29, 1.82) is 0 Å². The van der Waals surface area contributed by atoms with E-state index in [2.05, 4.69) is 15.3 Å². The first-order valence-corrected chi connectivity index (χ1v) is 10.1. The second-order valence-electron chi connectivity index (χ2n) is 7.53. The molecule has 0 N–H and O–H groups in total. The van der Waals surface area contributed by atoms with Gasteiger partial charge < -0.3 is 9.15 Å². The van der Waals surface area contributed by atoms with Crippen LogP contribution in [0.2, 0.25) is 0 Å². The number of hydrogen-bond acceptors (Lipinski definition) is 9. The molecular formula is C22H19N5O6. The van der Waals surface area contributed by atoms with E-state index in [1.54, 1.807) is 45.0 Å². The topological polar surface area (TPSA) is 143 Å². The van der Waals surface area contributed by atoms with E-state index in [1.807, 2.05) is 0 Å². The number of nitro benzene ring substituents is 1. The molecule has 0 spiro atoms. The molecule has 1 unspecified atom stereocenters. The third kappa shape index (κ3) is 4.20. The van der Waals surface area contributed by atoms with Gasteiger partial charge in [-0.15, -0.1) is 10.2 Å². The number of fused-ring (bicyclic) bond motifs is 1. The minimum atomic E-state index is -0.906. The number of rotatable bonds is 6. The van der Waals surface area contributed by atoms with Crippen molar-refractivity contribution in [2.45, 2.75) is 32.9 Å². The maximum atomic E-state index is 13.0. The second-order valence-corrected chi connectivity index (χ2v) is 7.53. The Balaban J connectivity index is 1.60. The molecule has 4 rings (SSSR count). The fourth-order valence-electron chi connectivity index (χ4n) is 3.22. The third-order valence-electron chi connectivity index (χ3n) is 4.91. The van der Waals surface area contributed by atoms with Gasteiger partial charge in [0, 0.05) is 23.1 Å². The molecule has 11 heteroatoms. The van der Waals surface area contributed by atoms with Gasteiger partial charge in [0.1, 0.15) is 0 Å². The van der Waals surface area contributed by atoms with Crippen LogP contribution in [0.15, 0.2) is 57.7 Å². The largest absolute Gasteiger partial charge is 0.448 e. The predicted molar refractivity (Wildman–Crippen MR) is 117 cm³/mol. The summed E-state index contributed by atoms with van der Waals surface area (Å²) in [4.78, 5) is 35.9. The van der Waals surface area contributed by atoms with Crippen molar-refractivity contribution >= 4 is 22.4 Å². The number of benzene rings is 2. The first-order valence-electron chi connectivity index (χ1n) is 10.1. The van der Waals surface area contributed by atoms with E-state index in [0.717, 1.165) is 0 Å². The lowest BCUT2D eigenvalue weighted by molar-refractivity contribution is -0.384. The van der Waals surface area contributed by atoms with Crippen molar-refractivity contribution in [1.82, 2.24) is 20.0 Å². The zero-order valence-electron chi connectivity index (χ0n) is 18.0. The molecular weight excluding hydrogens is 430 g/mol. The summed E-state index contributed by atoms with van der Waals surface area (Å²) >= 11 is 0. The number of hydrogen-bond donors (Lipinski definition) is 0. The predicted octanol–water partition coefficient (Wildman–Crippen LogP) is 3.85. The lowest BCUT2D eigenvalue weighted by atomic mass is 10.1. The number of non-ortho nitro benzene ring substituents is 1. The summed E-state index contributed by atoms with van der Waals surface area (Å²) in [6, 6.07) is 12.0. The molecule has 0 aliphatic rings. The van der Waals surface area contributed by atoms with Crippen LogP contribution in [0.5, 0.6) is 0 Å². The highest BCUT2D eigenvalue weighted by atomic mass is 16.6. The van der Waals surface area contributed by atoms with Crippen LogP contribution in [0.4, 0.5) is 5.69 Å². The molecule has 4 aromatic rings. The maximum absolute atomic E-state index is 13.0. The Morgan fingerprint density at radius 3 is 2.36 bits per heavy atom. The number of carbonyl (C=O) groups is 1. The van der Waals surface area contributed by atoms with Crippen LogP contribution in [0, 0.1) is 10.1 Å². The molecule has 2 aromatic carbocycles. The molecule has 0 aliphatic heterocycles. The van der Waals surface area contributed by atoms with Gasteiger partial charge in [-0.3, -0.25) is 14.9 Å². The van der Waals surface area contributed by atoms with Crippen LogP contribution < -0.4 is 5.56 Å². The van der Waals surface area contributed by atoms with E-state index >= 15 is 0 Å². The molecule has 0 saturated heterocycles. The molecule has 0 amide bonds. The van der Waals surface area contributed by atoms with Crippen molar-refractivity contribution in [3.63, 3.8) is 0 Å². The summed E-state index contributed by atoms with van der Waals surface area (Å²) in [6.07, 6.45) is -0.906. The molecule has 2 aromatic heterocycles. The molecule has 0 saturated carbocycles. The molecule has 0 aliphatic carbocycles. The van der Waals surface area contributed by atoms with Gasteiger partial charge in [0.05, 0.1) is 16.4 Å². The number of ether oxygens (including phenoxy) is 1. The summed E-state index contributed by atoms with van der Waals surface area (Å²) in [5.41, 5.74) is 0.119. The highest BCUT2D eigenvalue weighted by Gasteiger charge is 2.24. The Morgan fingerprint density at radius 2 is 1.73 bits per heavy atom. The van der Waals surface area contributed by atoms with Gasteiger partial charge in [0.25, 0.3) is 17.1 Å². The maximum Gasteiger partial charge on any atom is 0.360 e. The van der Waals surface area contributed by atoms with Crippen LogP contribution >= 0.6 is 0 Å². The van der Waals surface area contributed by atoms with Crippen molar-refractivity contribution in [3.8, 4) is 11.5 Å². The monoisotopic (exact) mass is 449 g/mol. The number of carbonyl (C=O) groups excluding carboxylic acids is 1. The molecule has 11 nitrogen and oxygen atoms in total. The lowest BCUT2D eigenvalue weighted by Gasteiger charge is -2.14. The van der Waals surface area contributed by atoms with Crippen LogP contribution in [0.3, 0.4) is 0 Å². The van der Waals surface area contributed by atoms with Crippen molar-refractivity contribution < 1.29 is 18.9 Å². The smallest absolute Gasteiger partial charge is 0.360 e. The zero-order chi connectivity index (χ0) is 23.7. The van der Waals surface area contributed by atoms with Gasteiger partial charge in [0.2, 0.25) is 5.89 Å². The van der Waals surface area contributed by atoms with E-state index in [4.69, 9.17) is 9.15 Å². The van der Waals surface area contributed by atoms with Crippen molar-refractivity contribution in [3.05, 3.63) is 80.6 Å². The normalized spacial score (nSPS) is 12.1. The van der Waals surface area contributed by atoms with E-state index in [9.17, 15) is 19.7 Å². The van der Waals surface area contributed by atoms with Crippen LogP contribution in [-0.2, 0) is 4.74 Å². The number of nitro groups is 1. The molecule has 0 radical (unpaired) electrons. The van der Waals surface area contributed by atoms with Gasteiger partial charge in [-0.1, -0.05) is 18.2 Å². The SMILES string of the molecule is CC(OC(=O)c1nn(C(C)C)c(=O)c2ccccc12)c1nnc(-c2ccc([N+](=O)[O-])cc2)o1. The average Bonchev–Trinajstić information content (AvgIpc) is 3.30. The van der Waals surface area contributed by atoms with Gasteiger partial charge >= 0.3 is 5.97 Å². The van der Waals surface area contributed by atoms with E-state index in [0.29, 0.717) is 16.3 Å². The molecule has 33 heavy (non-hydrogen) atoms. The standard InChI is InChI=1S/C22H19N5O6/c1-12(2)26-21(28)17-7-5-4-6-16(17)18(25-26)22(29)32-13(3)19-23-24-20(33-19)14-8-10-15(11-9-14)27(30)31/h4-13H,1-3H3. The Hall–Kier alpha value is -4.41. The van der Waals surface area contributed by atoms with Crippen molar-refractivity contribution in [2.75, 3.05) is 0 Å². The minimum Gasteiger partial charge on any atom is -0.448 e. The Kier molecular flexibility index (Phi) is 5.69. The van der Waals surface area contributed by atoms with Gasteiger partial charge in [0.15, 0.2) is 11.8 Å². The number of aromatic nitrogens is 4. The van der Waals surface area contributed by atoms with Gasteiger partial charge in [-0.25, -0.2) is 9.48 Å². The van der Waals surface area contributed by atoms with Gasteiger partial charge in [-0.2, -0.15) is 5.10 Å². The molecule has 168 valence electrons. The highest BCUT2D eigenvalue weighted by molar-refractivity contribution is 6.02. The zero-order valence-corrected chi connectivity index (χ0v) is 18.0. The Morgan fingerprint density at radius 1 is 1.06 bits per heavy atom. The Labute approximate surface area is 186 Å². The summed E-state index contributed by atoms with van der Waals surface area (Å²) < 4.78 is 12.3. The summed E-state index contributed by atoms with van der Waals surface area (Å²) in [5.74, 6) is -0.582. The minimum absolute atomic E-state index is 0.000794. The van der Waals surface area contributed by atoms with Crippen LogP contribution in [0.1, 0.15) is 49.3 Å². The fourth-order valence-corrected chi connectivity index (χ4v) is 3.22. The number of esters is 1. The quantitative estimate of drug-likeness (QED) is 0.243. The van der Waals surface area contributed by atoms with E-state index < -0.39 is 17.0 Å².